The van der Waals surface area contributed by atoms with Crippen molar-refractivity contribution in [1.29, 1.82) is 0 Å². The summed E-state index contributed by atoms with van der Waals surface area (Å²) in [6.07, 6.45) is 1.60. The number of thioether (sulfide) groups is 1. The Kier molecular flexibility index (Phi) is 7.90. The lowest BCUT2D eigenvalue weighted by atomic mass is 10.1. The standard InChI is InChI=1S/C29H25ClN2O7S/c1-16-4-6-20(8-17(16)2)31-27(33)14-37-22-7-5-18(9-23(22)36-3)10-26-28(34)32(29(35)40-26)13-19-11-24-25(12-21(19)30)39-15-38-24/h4-12H,13-15H2,1-3H3,(H,31,33)/b26-10-. The number of fused-ring (bicyclic) bond motifs is 1. The van der Waals surface area contributed by atoms with Crippen molar-refractivity contribution in [3.8, 4) is 23.0 Å². The molecule has 3 aromatic rings. The van der Waals surface area contributed by atoms with Gasteiger partial charge in [-0.15, -0.1) is 0 Å². The van der Waals surface area contributed by atoms with Crippen molar-refractivity contribution in [3.63, 3.8) is 0 Å². The number of imide groups is 1. The maximum absolute atomic E-state index is 13.1. The number of ether oxygens (including phenoxy) is 4. The minimum Gasteiger partial charge on any atom is -0.493 e. The maximum atomic E-state index is 13.1. The maximum Gasteiger partial charge on any atom is 0.293 e. The van der Waals surface area contributed by atoms with Gasteiger partial charge in [0, 0.05) is 16.8 Å². The van der Waals surface area contributed by atoms with Gasteiger partial charge in [-0.05, 0) is 84.3 Å². The second-order valence-corrected chi connectivity index (χ2v) is 10.5. The van der Waals surface area contributed by atoms with Crippen molar-refractivity contribution >= 4 is 52.2 Å². The molecule has 3 amide bonds. The zero-order valence-corrected chi connectivity index (χ0v) is 23.5. The van der Waals surface area contributed by atoms with Gasteiger partial charge in [0.05, 0.1) is 18.6 Å². The Labute approximate surface area is 240 Å². The third-order valence-electron chi connectivity index (χ3n) is 6.38. The molecule has 0 saturated carbocycles. The van der Waals surface area contributed by atoms with Crippen molar-refractivity contribution in [2.24, 2.45) is 0 Å². The van der Waals surface area contributed by atoms with E-state index >= 15 is 0 Å². The lowest BCUT2D eigenvalue weighted by Crippen LogP contribution is -2.27. The van der Waals surface area contributed by atoms with Gasteiger partial charge in [-0.2, -0.15) is 0 Å². The summed E-state index contributed by atoms with van der Waals surface area (Å²) >= 11 is 7.17. The average molecular weight is 581 g/mol. The number of rotatable bonds is 8. The van der Waals surface area contributed by atoms with E-state index in [2.05, 4.69) is 5.32 Å². The largest absolute Gasteiger partial charge is 0.493 e. The van der Waals surface area contributed by atoms with Gasteiger partial charge in [-0.3, -0.25) is 19.3 Å². The van der Waals surface area contributed by atoms with Gasteiger partial charge in [0.25, 0.3) is 17.1 Å². The number of aryl methyl sites for hydroxylation is 2. The van der Waals surface area contributed by atoms with Crippen LogP contribution in [0.15, 0.2) is 53.4 Å². The SMILES string of the molecule is COc1cc(/C=C2\SC(=O)N(Cc3cc4c(cc3Cl)OCO4)C2=O)ccc1OCC(=O)Nc1ccc(C)c(C)c1. The summed E-state index contributed by atoms with van der Waals surface area (Å²) in [5.41, 5.74) is 4.09. The number of hydrogen-bond acceptors (Lipinski definition) is 8. The predicted molar refractivity (Wildman–Crippen MR) is 152 cm³/mol. The molecule has 3 aromatic carbocycles. The number of amides is 3. The van der Waals surface area contributed by atoms with Crippen LogP contribution in [0.5, 0.6) is 23.0 Å². The predicted octanol–water partition coefficient (Wildman–Crippen LogP) is 5.95. The minimum atomic E-state index is -0.439. The van der Waals surface area contributed by atoms with Crippen LogP contribution in [0.3, 0.4) is 0 Å². The van der Waals surface area contributed by atoms with Gasteiger partial charge in [-0.25, -0.2) is 0 Å². The van der Waals surface area contributed by atoms with Crippen molar-refractivity contribution in [2.45, 2.75) is 20.4 Å². The number of carbonyl (C=O) groups excluding carboxylic acids is 3. The summed E-state index contributed by atoms with van der Waals surface area (Å²) in [5.74, 6) is 1.02. The number of nitrogens with zero attached hydrogens (tertiary/aromatic N) is 1. The van der Waals surface area contributed by atoms with E-state index in [-0.39, 0.29) is 30.8 Å². The molecular weight excluding hydrogens is 556 g/mol. The number of hydrogen-bond donors (Lipinski definition) is 1. The van der Waals surface area contributed by atoms with Crippen LogP contribution < -0.4 is 24.3 Å². The van der Waals surface area contributed by atoms with Crippen molar-refractivity contribution in [2.75, 3.05) is 25.8 Å². The van der Waals surface area contributed by atoms with E-state index in [0.29, 0.717) is 44.8 Å². The highest BCUT2D eigenvalue weighted by Gasteiger charge is 2.35. The van der Waals surface area contributed by atoms with E-state index < -0.39 is 11.1 Å². The number of methoxy groups -OCH3 is 1. The molecule has 9 nitrogen and oxygen atoms in total. The first-order valence-corrected chi connectivity index (χ1v) is 13.4. The molecule has 0 aliphatic carbocycles. The molecule has 0 radical (unpaired) electrons. The molecule has 206 valence electrons. The Morgan fingerprint density at radius 2 is 1.82 bits per heavy atom. The topological polar surface area (TPSA) is 103 Å². The normalized spacial score (nSPS) is 15.1. The third-order valence-corrected chi connectivity index (χ3v) is 7.64. The van der Waals surface area contributed by atoms with Crippen LogP contribution >= 0.6 is 23.4 Å². The molecule has 11 heteroatoms. The van der Waals surface area contributed by atoms with Crippen molar-refractivity contribution in [1.82, 2.24) is 4.90 Å². The number of carbonyl (C=O) groups is 3. The van der Waals surface area contributed by atoms with E-state index in [1.165, 1.54) is 7.11 Å². The monoisotopic (exact) mass is 580 g/mol. The van der Waals surface area contributed by atoms with E-state index in [4.69, 9.17) is 30.5 Å². The van der Waals surface area contributed by atoms with Gasteiger partial charge < -0.3 is 24.3 Å². The summed E-state index contributed by atoms with van der Waals surface area (Å²) in [5, 5.41) is 2.77. The van der Waals surface area contributed by atoms with Gasteiger partial charge >= 0.3 is 0 Å². The Morgan fingerprint density at radius 1 is 1.05 bits per heavy atom. The highest BCUT2D eigenvalue weighted by atomic mass is 35.5. The fourth-order valence-corrected chi connectivity index (χ4v) is 5.14. The Bertz CT molecular complexity index is 1560. The van der Waals surface area contributed by atoms with Gasteiger partial charge in [0.2, 0.25) is 6.79 Å². The highest BCUT2D eigenvalue weighted by Crippen LogP contribution is 2.40. The molecule has 0 bridgehead atoms. The number of nitrogens with one attached hydrogen (secondary N) is 1. The first-order chi connectivity index (χ1) is 19.2. The van der Waals surface area contributed by atoms with Crippen LogP contribution in [0.1, 0.15) is 22.3 Å². The minimum absolute atomic E-state index is 0.00218. The summed E-state index contributed by atoms with van der Waals surface area (Å²) in [7, 11) is 1.48. The van der Waals surface area contributed by atoms with Crippen LogP contribution in [0, 0.1) is 13.8 Å². The molecule has 1 N–H and O–H groups in total. The molecule has 2 aliphatic rings. The number of benzene rings is 3. The second-order valence-electron chi connectivity index (χ2n) is 9.11. The summed E-state index contributed by atoms with van der Waals surface area (Å²) in [4.78, 5) is 39.5. The van der Waals surface area contributed by atoms with Gasteiger partial charge in [0.15, 0.2) is 29.6 Å². The Balaban J connectivity index is 1.25. The fraction of sp³-hybridized carbons (Fsp3) is 0.207. The van der Waals surface area contributed by atoms with Crippen LogP contribution in [0.25, 0.3) is 6.08 Å². The van der Waals surface area contributed by atoms with Crippen molar-refractivity contribution in [3.05, 3.63) is 80.7 Å². The molecule has 0 aromatic heterocycles. The van der Waals surface area contributed by atoms with E-state index in [0.717, 1.165) is 27.8 Å². The van der Waals surface area contributed by atoms with Crippen LogP contribution in [-0.2, 0) is 16.1 Å². The third kappa shape index (κ3) is 5.88. The zero-order valence-electron chi connectivity index (χ0n) is 21.9. The fourth-order valence-electron chi connectivity index (χ4n) is 4.09. The molecule has 0 unspecified atom stereocenters. The zero-order chi connectivity index (χ0) is 28.4. The van der Waals surface area contributed by atoms with Crippen LogP contribution in [0.4, 0.5) is 10.5 Å². The second kappa shape index (κ2) is 11.5. The van der Waals surface area contributed by atoms with Crippen molar-refractivity contribution < 1.29 is 33.3 Å². The summed E-state index contributed by atoms with van der Waals surface area (Å²) in [6.45, 7) is 3.85. The molecule has 0 spiro atoms. The van der Waals surface area contributed by atoms with Crippen LogP contribution in [0.2, 0.25) is 5.02 Å². The molecule has 2 aliphatic heterocycles. The molecule has 2 heterocycles. The van der Waals surface area contributed by atoms with Gasteiger partial charge in [0.1, 0.15) is 0 Å². The van der Waals surface area contributed by atoms with E-state index in [1.807, 2.05) is 32.0 Å². The van der Waals surface area contributed by atoms with Crippen LogP contribution in [-0.4, -0.2) is 42.5 Å². The number of halogens is 1. The number of anilines is 1. The first-order valence-electron chi connectivity index (χ1n) is 12.2. The summed E-state index contributed by atoms with van der Waals surface area (Å²) < 4.78 is 21.8. The molecule has 1 fully saturated rings. The molecule has 40 heavy (non-hydrogen) atoms. The van der Waals surface area contributed by atoms with E-state index in [9.17, 15) is 14.4 Å². The highest BCUT2D eigenvalue weighted by molar-refractivity contribution is 8.18. The van der Waals surface area contributed by atoms with E-state index in [1.54, 1.807) is 36.4 Å². The van der Waals surface area contributed by atoms with Gasteiger partial charge in [-0.1, -0.05) is 23.7 Å². The lowest BCUT2D eigenvalue weighted by Gasteiger charge is -2.14. The Morgan fingerprint density at radius 3 is 2.58 bits per heavy atom. The Hall–Kier alpha value is -4.15. The molecule has 5 rings (SSSR count). The quantitative estimate of drug-likeness (QED) is 0.326. The molecular formula is C29H25ClN2O7S. The smallest absolute Gasteiger partial charge is 0.293 e. The lowest BCUT2D eigenvalue weighted by molar-refractivity contribution is -0.123. The average Bonchev–Trinajstić information content (AvgIpc) is 3.48. The molecule has 1 saturated heterocycles. The first kappa shape index (κ1) is 27.4. The summed E-state index contributed by atoms with van der Waals surface area (Å²) in [6, 6.07) is 14.0. The molecule has 0 atom stereocenters.